The second kappa shape index (κ2) is 13.0. The predicted molar refractivity (Wildman–Crippen MR) is 154 cm³/mol. The van der Waals surface area contributed by atoms with Gasteiger partial charge in [-0.05, 0) is 71.6 Å². The zero-order valence-corrected chi connectivity index (χ0v) is 24.8. The van der Waals surface area contributed by atoms with E-state index in [1.165, 1.54) is 11.0 Å². The number of carbonyl (C=O) groups is 3. The van der Waals surface area contributed by atoms with E-state index in [0.717, 1.165) is 5.56 Å². The van der Waals surface area contributed by atoms with Crippen molar-refractivity contribution in [2.75, 3.05) is 5.32 Å². The molecule has 0 heterocycles. The highest BCUT2D eigenvalue weighted by Gasteiger charge is 2.45. The first-order chi connectivity index (χ1) is 18.1. The molecule has 0 fully saturated rings. The summed E-state index contributed by atoms with van der Waals surface area (Å²) < 4.78 is 5.47. The lowest BCUT2D eigenvalue weighted by Gasteiger charge is -2.45. The maximum atomic E-state index is 14.5. The van der Waals surface area contributed by atoms with Crippen LogP contribution in [0.4, 0.5) is 10.5 Å². The summed E-state index contributed by atoms with van der Waals surface area (Å²) in [5.74, 6) is -1.27. The molecule has 0 saturated heterocycles. The van der Waals surface area contributed by atoms with E-state index in [0.29, 0.717) is 24.1 Å². The number of ether oxygens (including phenoxy) is 1. The van der Waals surface area contributed by atoms with Crippen molar-refractivity contribution >= 4 is 23.6 Å². The Kier molecular flexibility index (Phi) is 10.6. The van der Waals surface area contributed by atoms with E-state index in [2.05, 4.69) is 10.6 Å². The molecule has 2 aromatic carbocycles. The first kappa shape index (κ1) is 31.7. The third-order valence-electron chi connectivity index (χ3n) is 7.05. The van der Waals surface area contributed by atoms with Crippen molar-refractivity contribution < 1.29 is 24.2 Å². The number of anilines is 1. The van der Waals surface area contributed by atoms with Gasteiger partial charge >= 0.3 is 6.09 Å². The number of carbonyl (C=O) groups excluding carboxylic acids is 3. The Morgan fingerprint density at radius 1 is 0.974 bits per heavy atom. The van der Waals surface area contributed by atoms with E-state index in [1.54, 1.807) is 45.0 Å². The monoisotopic (exact) mass is 539 g/mol. The smallest absolute Gasteiger partial charge is 0.408 e. The molecule has 2 rings (SSSR count). The van der Waals surface area contributed by atoms with Crippen molar-refractivity contribution in [1.82, 2.24) is 10.2 Å². The summed E-state index contributed by atoms with van der Waals surface area (Å²) in [6.07, 6.45) is 0.405. The van der Waals surface area contributed by atoms with Gasteiger partial charge in [-0.3, -0.25) is 9.59 Å². The Labute approximate surface area is 233 Å². The minimum atomic E-state index is -1.18. The predicted octanol–water partition coefficient (Wildman–Crippen LogP) is 6.34. The number of aromatic hydroxyl groups is 1. The van der Waals surface area contributed by atoms with Crippen molar-refractivity contribution in [2.24, 2.45) is 5.92 Å². The molecule has 0 spiro atoms. The molecule has 3 amide bonds. The Morgan fingerprint density at radius 3 is 2.10 bits per heavy atom. The van der Waals surface area contributed by atoms with Gasteiger partial charge in [-0.15, -0.1) is 0 Å². The van der Waals surface area contributed by atoms with E-state index in [4.69, 9.17) is 4.74 Å². The highest BCUT2D eigenvalue weighted by molar-refractivity contribution is 6.00. The number of hydrogen-bond acceptors (Lipinski definition) is 5. The molecule has 0 bridgehead atoms. The second-order valence-corrected chi connectivity index (χ2v) is 11.6. The molecule has 0 aromatic heterocycles. The summed E-state index contributed by atoms with van der Waals surface area (Å²) >= 11 is 0. The Balaban J connectivity index is 2.68. The number of phenolic OH excluding ortho intramolecular Hbond substituents is 1. The van der Waals surface area contributed by atoms with Crippen LogP contribution in [0.1, 0.15) is 85.4 Å². The number of phenols is 1. The van der Waals surface area contributed by atoms with Gasteiger partial charge in [-0.1, -0.05) is 63.6 Å². The fourth-order valence-electron chi connectivity index (χ4n) is 4.24. The fourth-order valence-corrected chi connectivity index (χ4v) is 4.24. The number of alkyl carbamates (subject to hydrolysis) is 1. The molecular formula is C31H45N3O5. The molecule has 2 aromatic rings. The average molecular weight is 540 g/mol. The first-order valence-corrected chi connectivity index (χ1v) is 13.6. The molecule has 8 heteroatoms. The van der Waals surface area contributed by atoms with Crippen molar-refractivity contribution in [1.29, 1.82) is 0 Å². The van der Waals surface area contributed by atoms with Gasteiger partial charge in [0, 0.05) is 16.8 Å². The van der Waals surface area contributed by atoms with E-state index < -0.39 is 41.1 Å². The van der Waals surface area contributed by atoms with Gasteiger partial charge in [0.15, 0.2) is 0 Å². The highest BCUT2D eigenvalue weighted by Crippen LogP contribution is 2.37. The number of rotatable bonds is 10. The van der Waals surface area contributed by atoms with E-state index >= 15 is 0 Å². The minimum Gasteiger partial charge on any atom is -0.508 e. The molecule has 3 atom stereocenters. The van der Waals surface area contributed by atoms with Crippen molar-refractivity contribution in [3.63, 3.8) is 0 Å². The van der Waals surface area contributed by atoms with Crippen molar-refractivity contribution in [2.45, 2.75) is 98.4 Å². The van der Waals surface area contributed by atoms with Gasteiger partial charge in [0.25, 0.3) is 5.91 Å². The molecule has 0 radical (unpaired) electrons. The van der Waals surface area contributed by atoms with Crippen LogP contribution in [0.15, 0.2) is 48.5 Å². The van der Waals surface area contributed by atoms with Crippen LogP contribution in [0.3, 0.4) is 0 Å². The minimum absolute atomic E-state index is 0.104. The lowest BCUT2D eigenvalue weighted by atomic mass is 9.89. The lowest BCUT2D eigenvalue weighted by Crippen LogP contribution is -2.60. The summed E-state index contributed by atoms with van der Waals surface area (Å²) in [6.45, 7) is 16.6. The standard InChI is InChI=1S/C31H45N3O5/c1-10-20(3)25(33-29(38)39-30(5,6)7)28(37)34(31(8,9)11-2)26(22-17-13-15-19-24(22)35)27(36)32-23-18-14-12-16-21(23)4/h12-20,25-26,35H,10-11H2,1-9H3,(H,32,36)(H,33,38). The quantitative estimate of drug-likeness (QED) is 0.327. The third kappa shape index (κ3) is 8.22. The molecule has 0 aliphatic carbocycles. The van der Waals surface area contributed by atoms with Gasteiger partial charge < -0.3 is 25.4 Å². The molecule has 39 heavy (non-hydrogen) atoms. The van der Waals surface area contributed by atoms with Crippen LogP contribution in [-0.2, 0) is 14.3 Å². The van der Waals surface area contributed by atoms with Crippen LogP contribution < -0.4 is 10.6 Å². The molecule has 0 saturated carbocycles. The molecule has 8 nitrogen and oxygen atoms in total. The fraction of sp³-hybridized carbons (Fsp3) is 0.516. The van der Waals surface area contributed by atoms with Crippen LogP contribution in [0.2, 0.25) is 0 Å². The van der Waals surface area contributed by atoms with Crippen molar-refractivity contribution in [3.8, 4) is 5.75 Å². The SMILES string of the molecule is CCC(C)C(NC(=O)OC(C)(C)C)C(=O)N(C(C(=O)Nc1ccccc1C)c1ccccc1O)C(C)(C)CC. The summed E-state index contributed by atoms with van der Waals surface area (Å²) in [5, 5.41) is 16.6. The maximum Gasteiger partial charge on any atom is 0.408 e. The molecule has 214 valence electrons. The van der Waals surface area contributed by atoms with Crippen LogP contribution in [0, 0.1) is 12.8 Å². The molecular weight excluding hydrogens is 494 g/mol. The Hall–Kier alpha value is -3.55. The van der Waals surface area contributed by atoms with Crippen LogP contribution in [0.25, 0.3) is 0 Å². The summed E-state index contributed by atoms with van der Waals surface area (Å²) in [5.41, 5.74) is 0.183. The normalized spacial score (nSPS) is 14.1. The Morgan fingerprint density at radius 2 is 1.56 bits per heavy atom. The number of para-hydroxylation sites is 2. The molecule has 0 aliphatic heterocycles. The van der Waals surface area contributed by atoms with E-state index in [9.17, 15) is 19.5 Å². The van der Waals surface area contributed by atoms with Gasteiger partial charge in [-0.25, -0.2) is 4.79 Å². The number of hydrogen-bond donors (Lipinski definition) is 3. The number of aryl methyl sites for hydroxylation is 1. The number of nitrogens with zero attached hydrogens (tertiary/aromatic N) is 1. The zero-order valence-electron chi connectivity index (χ0n) is 24.8. The summed E-state index contributed by atoms with van der Waals surface area (Å²) in [7, 11) is 0. The summed E-state index contributed by atoms with van der Waals surface area (Å²) in [6, 6.07) is 11.7. The molecule has 0 aliphatic rings. The third-order valence-corrected chi connectivity index (χ3v) is 7.05. The number of amides is 3. The van der Waals surface area contributed by atoms with Crippen LogP contribution >= 0.6 is 0 Å². The second-order valence-electron chi connectivity index (χ2n) is 11.6. The maximum absolute atomic E-state index is 14.5. The van der Waals surface area contributed by atoms with Crippen LogP contribution in [0.5, 0.6) is 5.75 Å². The number of benzene rings is 2. The van der Waals surface area contributed by atoms with Crippen LogP contribution in [-0.4, -0.2) is 45.1 Å². The average Bonchev–Trinajstić information content (AvgIpc) is 2.85. The zero-order chi connectivity index (χ0) is 29.5. The highest BCUT2D eigenvalue weighted by atomic mass is 16.6. The molecule has 3 N–H and O–H groups in total. The topological polar surface area (TPSA) is 108 Å². The summed E-state index contributed by atoms with van der Waals surface area (Å²) in [4.78, 5) is 42.9. The van der Waals surface area contributed by atoms with Gasteiger partial charge in [0.2, 0.25) is 5.91 Å². The Bertz CT molecular complexity index is 1150. The molecule has 3 unspecified atom stereocenters. The van der Waals surface area contributed by atoms with Gasteiger partial charge in [0.05, 0.1) is 0 Å². The van der Waals surface area contributed by atoms with Gasteiger partial charge in [-0.2, -0.15) is 0 Å². The van der Waals surface area contributed by atoms with E-state index in [-0.39, 0.29) is 11.7 Å². The lowest BCUT2D eigenvalue weighted by molar-refractivity contribution is -0.148. The largest absolute Gasteiger partial charge is 0.508 e. The first-order valence-electron chi connectivity index (χ1n) is 13.6. The van der Waals surface area contributed by atoms with E-state index in [1.807, 2.05) is 59.7 Å². The number of nitrogens with one attached hydrogen (secondary N) is 2. The van der Waals surface area contributed by atoms with Crippen molar-refractivity contribution in [3.05, 3.63) is 59.7 Å². The van der Waals surface area contributed by atoms with Gasteiger partial charge in [0.1, 0.15) is 23.4 Å².